The number of fused-ring (bicyclic) bond motifs is 1. The van der Waals surface area contributed by atoms with Gasteiger partial charge in [0.25, 0.3) is 11.8 Å². The number of benzene rings is 2. The molecule has 0 aliphatic heterocycles. The Morgan fingerprint density at radius 1 is 0.962 bits per heavy atom. The second kappa shape index (κ2) is 7.39. The standard InChI is InChI=1S/C18H14N4O4/c19-17(24)11-4-1-2-6-13(11)22-15(23)10-26-18(25)12-5-3-7-14-16(12)21-9-8-20-14/h1-9H,10H2,(H2,19,24)(H,22,23). The molecule has 0 atom stereocenters. The van der Waals surface area contributed by atoms with Crippen molar-refractivity contribution in [3.05, 3.63) is 66.0 Å². The van der Waals surface area contributed by atoms with Crippen molar-refractivity contribution < 1.29 is 19.1 Å². The minimum Gasteiger partial charge on any atom is -0.452 e. The lowest BCUT2D eigenvalue weighted by Crippen LogP contribution is -2.23. The summed E-state index contributed by atoms with van der Waals surface area (Å²) in [6.45, 7) is -0.525. The minimum atomic E-state index is -0.700. The summed E-state index contributed by atoms with van der Waals surface area (Å²) in [5.74, 6) is -1.97. The number of nitrogens with two attached hydrogens (primary N) is 1. The lowest BCUT2D eigenvalue weighted by molar-refractivity contribution is -0.119. The smallest absolute Gasteiger partial charge is 0.340 e. The van der Waals surface area contributed by atoms with Crippen molar-refractivity contribution in [2.45, 2.75) is 0 Å². The summed E-state index contributed by atoms with van der Waals surface area (Å²) in [6, 6.07) is 11.2. The van der Waals surface area contributed by atoms with E-state index in [0.717, 1.165) is 0 Å². The number of nitrogens with zero attached hydrogens (tertiary/aromatic N) is 2. The molecular formula is C18H14N4O4. The molecular weight excluding hydrogens is 336 g/mol. The largest absolute Gasteiger partial charge is 0.452 e. The third-order valence-corrected chi connectivity index (χ3v) is 3.52. The molecule has 0 unspecified atom stereocenters. The summed E-state index contributed by atoms with van der Waals surface area (Å²) in [7, 11) is 0. The van der Waals surface area contributed by atoms with Gasteiger partial charge in [0.1, 0.15) is 5.52 Å². The van der Waals surface area contributed by atoms with Crippen LogP contribution in [0.5, 0.6) is 0 Å². The van der Waals surface area contributed by atoms with Crippen LogP contribution < -0.4 is 11.1 Å². The van der Waals surface area contributed by atoms with E-state index in [9.17, 15) is 14.4 Å². The first-order valence-electron chi connectivity index (χ1n) is 7.62. The van der Waals surface area contributed by atoms with Crippen LogP contribution in [0.3, 0.4) is 0 Å². The molecule has 0 aliphatic rings. The number of hydrogen-bond donors (Lipinski definition) is 2. The number of aromatic nitrogens is 2. The van der Waals surface area contributed by atoms with Crippen LogP contribution in [0.2, 0.25) is 0 Å². The monoisotopic (exact) mass is 350 g/mol. The van der Waals surface area contributed by atoms with Crippen LogP contribution in [-0.2, 0) is 9.53 Å². The lowest BCUT2D eigenvalue weighted by atomic mass is 10.1. The molecule has 2 amide bonds. The first-order chi connectivity index (χ1) is 12.6. The number of nitrogens with one attached hydrogen (secondary N) is 1. The van der Waals surface area contributed by atoms with Gasteiger partial charge in [0.15, 0.2) is 6.61 Å². The Balaban J connectivity index is 1.68. The summed E-state index contributed by atoms with van der Waals surface area (Å²) < 4.78 is 5.04. The summed E-state index contributed by atoms with van der Waals surface area (Å²) in [4.78, 5) is 43.8. The van der Waals surface area contributed by atoms with Crippen LogP contribution in [0.1, 0.15) is 20.7 Å². The van der Waals surface area contributed by atoms with Gasteiger partial charge < -0.3 is 15.8 Å². The summed E-state index contributed by atoms with van der Waals surface area (Å²) >= 11 is 0. The number of carbonyl (C=O) groups is 3. The van der Waals surface area contributed by atoms with E-state index >= 15 is 0 Å². The average Bonchev–Trinajstić information content (AvgIpc) is 2.66. The lowest BCUT2D eigenvalue weighted by Gasteiger charge is -2.09. The van der Waals surface area contributed by atoms with E-state index < -0.39 is 24.4 Å². The van der Waals surface area contributed by atoms with Gasteiger partial charge in [-0.2, -0.15) is 0 Å². The molecule has 0 spiro atoms. The third-order valence-electron chi connectivity index (χ3n) is 3.52. The van der Waals surface area contributed by atoms with E-state index in [4.69, 9.17) is 10.5 Å². The number of esters is 1. The molecule has 3 rings (SSSR count). The maximum atomic E-state index is 12.2. The maximum Gasteiger partial charge on any atom is 0.340 e. The minimum absolute atomic E-state index is 0.163. The molecule has 8 nitrogen and oxygen atoms in total. The van der Waals surface area contributed by atoms with Gasteiger partial charge in [-0.3, -0.25) is 19.6 Å². The van der Waals surface area contributed by atoms with Gasteiger partial charge in [-0.15, -0.1) is 0 Å². The number of rotatable bonds is 5. The van der Waals surface area contributed by atoms with Crippen molar-refractivity contribution >= 4 is 34.5 Å². The van der Waals surface area contributed by atoms with Gasteiger partial charge in [0.2, 0.25) is 0 Å². The third kappa shape index (κ3) is 3.64. The predicted octanol–water partition coefficient (Wildman–Crippen LogP) is 1.52. The van der Waals surface area contributed by atoms with Crippen molar-refractivity contribution in [1.29, 1.82) is 0 Å². The summed E-state index contributed by atoms with van der Waals surface area (Å²) in [5.41, 5.74) is 6.80. The van der Waals surface area contributed by atoms with Gasteiger partial charge in [-0.05, 0) is 24.3 Å². The Labute approximate surface area is 148 Å². The highest BCUT2D eigenvalue weighted by atomic mass is 16.5. The van der Waals surface area contributed by atoms with Crippen molar-refractivity contribution in [1.82, 2.24) is 9.97 Å². The van der Waals surface area contributed by atoms with E-state index in [1.807, 2.05) is 0 Å². The number of para-hydroxylation sites is 2. The van der Waals surface area contributed by atoms with E-state index in [1.165, 1.54) is 24.5 Å². The number of primary amides is 1. The molecule has 0 fully saturated rings. The second-order valence-corrected chi connectivity index (χ2v) is 5.26. The fourth-order valence-electron chi connectivity index (χ4n) is 2.36. The molecule has 0 bridgehead atoms. The van der Waals surface area contributed by atoms with Crippen LogP contribution in [0, 0.1) is 0 Å². The van der Waals surface area contributed by atoms with Crippen molar-refractivity contribution in [3.63, 3.8) is 0 Å². The number of hydrogen-bond acceptors (Lipinski definition) is 6. The molecule has 2 aromatic carbocycles. The highest BCUT2D eigenvalue weighted by Crippen LogP contribution is 2.16. The van der Waals surface area contributed by atoms with Crippen LogP contribution >= 0.6 is 0 Å². The van der Waals surface area contributed by atoms with Crippen molar-refractivity contribution in [2.24, 2.45) is 5.73 Å². The van der Waals surface area contributed by atoms with E-state index in [-0.39, 0.29) is 16.8 Å². The summed E-state index contributed by atoms with van der Waals surface area (Å²) in [5, 5.41) is 2.49. The zero-order valence-corrected chi connectivity index (χ0v) is 13.5. The number of carbonyl (C=O) groups excluding carboxylic acids is 3. The first-order valence-corrected chi connectivity index (χ1v) is 7.62. The van der Waals surface area contributed by atoms with Crippen LogP contribution in [0.25, 0.3) is 11.0 Å². The van der Waals surface area contributed by atoms with E-state index in [2.05, 4.69) is 15.3 Å². The van der Waals surface area contributed by atoms with Gasteiger partial charge in [0.05, 0.1) is 22.3 Å². The molecule has 1 aromatic heterocycles. The number of ether oxygens (including phenoxy) is 1. The Morgan fingerprint density at radius 3 is 2.50 bits per heavy atom. The van der Waals surface area contributed by atoms with Gasteiger partial charge in [-0.25, -0.2) is 4.79 Å². The Bertz CT molecular complexity index is 998. The van der Waals surface area contributed by atoms with Crippen LogP contribution in [0.15, 0.2) is 54.9 Å². The molecule has 0 aliphatic carbocycles. The molecule has 130 valence electrons. The van der Waals surface area contributed by atoms with Gasteiger partial charge in [-0.1, -0.05) is 18.2 Å². The first kappa shape index (κ1) is 17.0. The Morgan fingerprint density at radius 2 is 1.69 bits per heavy atom. The van der Waals surface area contributed by atoms with Crippen LogP contribution in [0.4, 0.5) is 5.69 Å². The predicted molar refractivity (Wildman–Crippen MR) is 93.4 cm³/mol. The zero-order valence-electron chi connectivity index (χ0n) is 13.5. The highest BCUT2D eigenvalue weighted by Gasteiger charge is 2.16. The average molecular weight is 350 g/mol. The fourth-order valence-corrected chi connectivity index (χ4v) is 2.36. The van der Waals surface area contributed by atoms with E-state index in [0.29, 0.717) is 11.0 Å². The maximum absolute atomic E-state index is 12.2. The molecule has 8 heteroatoms. The fraction of sp³-hybridized carbons (Fsp3) is 0.0556. The second-order valence-electron chi connectivity index (χ2n) is 5.26. The molecule has 1 heterocycles. The number of anilines is 1. The van der Waals surface area contributed by atoms with E-state index in [1.54, 1.807) is 30.3 Å². The van der Waals surface area contributed by atoms with Gasteiger partial charge >= 0.3 is 5.97 Å². The van der Waals surface area contributed by atoms with Crippen molar-refractivity contribution in [2.75, 3.05) is 11.9 Å². The molecule has 3 aromatic rings. The normalized spacial score (nSPS) is 10.3. The molecule has 0 saturated carbocycles. The Kier molecular flexibility index (Phi) is 4.84. The highest BCUT2D eigenvalue weighted by molar-refractivity contribution is 6.05. The summed E-state index contributed by atoms with van der Waals surface area (Å²) in [6.07, 6.45) is 2.98. The van der Waals surface area contributed by atoms with Crippen molar-refractivity contribution in [3.8, 4) is 0 Å². The number of amides is 2. The zero-order chi connectivity index (χ0) is 18.5. The quantitative estimate of drug-likeness (QED) is 0.672. The SMILES string of the molecule is NC(=O)c1ccccc1NC(=O)COC(=O)c1cccc2nccnc12. The molecule has 26 heavy (non-hydrogen) atoms. The molecule has 3 N–H and O–H groups in total. The van der Waals surface area contributed by atoms with Crippen LogP contribution in [-0.4, -0.2) is 34.4 Å². The molecule has 0 saturated heterocycles. The topological polar surface area (TPSA) is 124 Å². The molecule has 0 radical (unpaired) electrons. The Hall–Kier alpha value is -3.81. The van der Waals surface area contributed by atoms with Gasteiger partial charge in [0, 0.05) is 12.4 Å².